The molecule has 0 saturated carbocycles. The zero-order valence-corrected chi connectivity index (χ0v) is 18.9. The van der Waals surface area contributed by atoms with Crippen LogP contribution in [0.5, 0.6) is 0 Å². The summed E-state index contributed by atoms with van der Waals surface area (Å²) in [6, 6.07) is 7.55. The highest BCUT2D eigenvalue weighted by Crippen LogP contribution is 2.41. The van der Waals surface area contributed by atoms with E-state index in [4.69, 9.17) is 9.47 Å². The van der Waals surface area contributed by atoms with Gasteiger partial charge in [-0.05, 0) is 51.5 Å². The quantitative estimate of drug-likeness (QED) is 0.559. The Balaban J connectivity index is 1.65. The first-order chi connectivity index (χ1) is 15.3. The molecule has 2 unspecified atom stereocenters. The molecule has 0 aliphatic carbocycles. The largest absolute Gasteiger partial charge is 0.480 e. The Bertz CT molecular complexity index is 793. The number of piperidine rings is 1. The number of ether oxygens (including phenoxy) is 2. The molecule has 2 aliphatic rings. The second-order valence-corrected chi connectivity index (χ2v) is 8.86. The molecule has 2 saturated heterocycles. The van der Waals surface area contributed by atoms with E-state index in [1.165, 1.54) is 4.90 Å². The number of carboxylic acids is 1. The lowest BCUT2D eigenvalue weighted by Crippen LogP contribution is -2.59. The van der Waals surface area contributed by atoms with Crippen LogP contribution in [-0.4, -0.2) is 72.3 Å². The maximum atomic E-state index is 13.2. The minimum atomic E-state index is -0.998. The van der Waals surface area contributed by atoms with Crippen LogP contribution in [0.3, 0.4) is 0 Å². The standard InChI is InChI=1S/C24H34N2O6/c1-3-32-23(30)19(10-9-18-7-5-4-6-8-18)25-17(2)21(27)26-13-11-24(12-14-31-16-24)15-20(26)22(28)29/h4-8,17,19-20,25H,3,9-16H2,1-2H3,(H,28,29)/t17?,19-,20-,24?/m0/s1. The summed E-state index contributed by atoms with van der Waals surface area (Å²) in [6.45, 7) is 5.24. The molecule has 32 heavy (non-hydrogen) atoms. The Kier molecular flexibility index (Phi) is 8.26. The second-order valence-electron chi connectivity index (χ2n) is 8.86. The minimum Gasteiger partial charge on any atom is -0.480 e. The lowest BCUT2D eigenvalue weighted by atomic mass is 9.74. The number of aryl methyl sites for hydroxylation is 1. The van der Waals surface area contributed by atoms with Crippen LogP contribution in [0.1, 0.15) is 45.1 Å². The zero-order chi connectivity index (χ0) is 23.1. The molecular weight excluding hydrogens is 412 g/mol. The number of rotatable bonds is 9. The van der Waals surface area contributed by atoms with Gasteiger partial charge < -0.3 is 19.5 Å². The molecule has 1 aromatic carbocycles. The number of aliphatic carboxylic acids is 1. The van der Waals surface area contributed by atoms with Gasteiger partial charge in [-0.15, -0.1) is 0 Å². The number of hydrogen-bond donors (Lipinski definition) is 2. The van der Waals surface area contributed by atoms with Crippen LogP contribution < -0.4 is 5.32 Å². The number of carboxylic acid groups (broad SMARTS) is 1. The van der Waals surface area contributed by atoms with Crippen molar-refractivity contribution in [2.45, 2.75) is 64.1 Å². The van der Waals surface area contributed by atoms with Crippen LogP contribution in [0, 0.1) is 5.41 Å². The third-order valence-electron chi connectivity index (χ3n) is 6.60. The average Bonchev–Trinajstić information content (AvgIpc) is 3.24. The van der Waals surface area contributed by atoms with E-state index in [9.17, 15) is 19.5 Å². The first kappa shape index (κ1) is 24.2. The van der Waals surface area contributed by atoms with Crippen LogP contribution >= 0.6 is 0 Å². The summed E-state index contributed by atoms with van der Waals surface area (Å²) >= 11 is 0. The van der Waals surface area contributed by atoms with E-state index in [0.29, 0.717) is 39.0 Å². The molecule has 1 amide bonds. The van der Waals surface area contributed by atoms with E-state index in [0.717, 1.165) is 18.4 Å². The lowest BCUT2D eigenvalue weighted by molar-refractivity contribution is -0.156. The zero-order valence-electron chi connectivity index (χ0n) is 18.9. The van der Waals surface area contributed by atoms with Crippen molar-refractivity contribution in [3.63, 3.8) is 0 Å². The molecule has 0 bridgehead atoms. The Morgan fingerprint density at radius 1 is 1.28 bits per heavy atom. The van der Waals surface area contributed by atoms with Crippen molar-refractivity contribution in [3.05, 3.63) is 35.9 Å². The minimum absolute atomic E-state index is 0.153. The van der Waals surface area contributed by atoms with Gasteiger partial charge in [0.05, 0.1) is 19.3 Å². The van der Waals surface area contributed by atoms with Gasteiger partial charge in [-0.2, -0.15) is 0 Å². The van der Waals surface area contributed by atoms with Crippen molar-refractivity contribution in [2.75, 3.05) is 26.4 Å². The first-order valence-corrected chi connectivity index (χ1v) is 11.4. The SMILES string of the molecule is CCOC(=O)[C@H](CCc1ccccc1)NC(C)C(=O)N1CCC2(CCOC2)C[C@H]1C(=O)O. The van der Waals surface area contributed by atoms with Gasteiger partial charge in [0.1, 0.15) is 12.1 Å². The normalized spacial score (nSPS) is 24.8. The Labute approximate surface area is 189 Å². The summed E-state index contributed by atoms with van der Waals surface area (Å²) < 4.78 is 10.7. The summed E-state index contributed by atoms with van der Waals surface area (Å²) in [5.41, 5.74) is 0.938. The van der Waals surface area contributed by atoms with E-state index in [1.54, 1.807) is 13.8 Å². The molecule has 1 spiro atoms. The van der Waals surface area contributed by atoms with Crippen molar-refractivity contribution >= 4 is 17.8 Å². The number of likely N-dealkylation sites (tertiary alicyclic amines) is 1. The fraction of sp³-hybridized carbons (Fsp3) is 0.625. The summed E-state index contributed by atoms with van der Waals surface area (Å²) in [7, 11) is 0. The molecule has 2 N–H and O–H groups in total. The van der Waals surface area contributed by atoms with Crippen molar-refractivity contribution < 1.29 is 29.0 Å². The lowest BCUT2D eigenvalue weighted by Gasteiger charge is -2.43. The highest BCUT2D eigenvalue weighted by atomic mass is 16.5. The van der Waals surface area contributed by atoms with E-state index >= 15 is 0 Å². The third-order valence-corrected chi connectivity index (χ3v) is 6.60. The van der Waals surface area contributed by atoms with Gasteiger partial charge >= 0.3 is 11.9 Å². The summed E-state index contributed by atoms with van der Waals surface area (Å²) in [5, 5.41) is 12.9. The van der Waals surface area contributed by atoms with Gasteiger partial charge in [0.2, 0.25) is 5.91 Å². The van der Waals surface area contributed by atoms with Gasteiger partial charge in [0.15, 0.2) is 0 Å². The van der Waals surface area contributed by atoms with Gasteiger partial charge in [0, 0.05) is 18.6 Å². The van der Waals surface area contributed by atoms with Gasteiger partial charge in [-0.1, -0.05) is 30.3 Å². The number of benzene rings is 1. The molecule has 176 valence electrons. The van der Waals surface area contributed by atoms with Gasteiger partial charge in [-0.25, -0.2) is 4.79 Å². The fourth-order valence-electron chi connectivity index (χ4n) is 4.72. The smallest absolute Gasteiger partial charge is 0.326 e. The number of nitrogens with zero attached hydrogens (tertiary/aromatic N) is 1. The van der Waals surface area contributed by atoms with Crippen LogP contribution in [0.2, 0.25) is 0 Å². The monoisotopic (exact) mass is 446 g/mol. The number of carbonyl (C=O) groups is 3. The van der Waals surface area contributed by atoms with E-state index in [1.807, 2.05) is 30.3 Å². The van der Waals surface area contributed by atoms with Crippen molar-refractivity contribution in [1.82, 2.24) is 10.2 Å². The molecule has 8 nitrogen and oxygen atoms in total. The molecule has 0 radical (unpaired) electrons. The third kappa shape index (κ3) is 5.86. The Morgan fingerprint density at radius 2 is 2.03 bits per heavy atom. The Hall–Kier alpha value is -2.45. The fourth-order valence-corrected chi connectivity index (χ4v) is 4.72. The molecule has 2 fully saturated rings. The topological polar surface area (TPSA) is 105 Å². The van der Waals surface area contributed by atoms with Gasteiger partial charge in [-0.3, -0.25) is 14.9 Å². The molecule has 0 aromatic heterocycles. The molecule has 8 heteroatoms. The Morgan fingerprint density at radius 3 is 2.66 bits per heavy atom. The number of esters is 1. The molecular formula is C24H34N2O6. The number of carbonyl (C=O) groups excluding carboxylic acids is 2. The highest BCUT2D eigenvalue weighted by molar-refractivity contribution is 5.88. The maximum absolute atomic E-state index is 13.2. The molecule has 4 atom stereocenters. The number of hydrogen-bond acceptors (Lipinski definition) is 6. The predicted octanol–water partition coefficient (Wildman–Crippen LogP) is 2.01. The van der Waals surface area contributed by atoms with E-state index in [-0.39, 0.29) is 17.9 Å². The predicted molar refractivity (Wildman–Crippen MR) is 118 cm³/mol. The average molecular weight is 447 g/mol. The van der Waals surface area contributed by atoms with Gasteiger partial charge in [0.25, 0.3) is 0 Å². The number of amides is 1. The molecule has 2 heterocycles. The van der Waals surface area contributed by atoms with Crippen LogP contribution in [0.4, 0.5) is 0 Å². The van der Waals surface area contributed by atoms with Crippen molar-refractivity contribution in [2.24, 2.45) is 5.41 Å². The molecule has 2 aliphatic heterocycles. The number of nitrogens with one attached hydrogen (secondary N) is 1. The van der Waals surface area contributed by atoms with E-state index in [2.05, 4.69) is 5.32 Å². The van der Waals surface area contributed by atoms with Crippen LogP contribution in [-0.2, 0) is 30.3 Å². The highest BCUT2D eigenvalue weighted by Gasteiger charge is 2.47. The van der Waals surface area contributed by atoms with Crippen LogP contribution in [0.15, 0.2) is 30.3 Å². The molecule has 1 aromatic rings. The summed E-state index contributed by atoms with van der Waals surface area (Å²) in [4.78, 5) is 39.2. The second kappa shape index (κ2) is 10.9. The van der Waals surface area contributed by atoms with E-state index < -0.39 is 30.1 Å². The maximum Gasteiger partial charge on any atom is 0.326 e. The van der Waals surface area contributed by atoms with Crippen molar-refractivity contribution in [3.8, 4) is 0 Å². The molecule has 3 rings (SSSR count). The summed E-state index contributed by atoms with van der Waals surface area (Å²) in [6.07, 6.45) is 3.09. The first-order valence-electron chi connectivity index (χ1n) is 11.4. The van der Waals surface area contributed by atoms with Crippen molar-refractivity contribution in [1.29, 1.82) is 0 Å². The summed E-state index contributed by atoms with van der Waals surface area (Å²) in [5.74, 6) is -1.71. The van der Waals surface area contributed by atoms with Crippen LogP contribution in [0.25, 0.3) is 0 Å².